The summed E-state index contributed by atoms with van der Waals surface area (Å²) in [5.41, 5.74) is 4.67. The average molecular weight is 559 g/mol. The first-order valence-corrected chi connectivity index (χ1v) is 14.0. The van der Waals surface area contributed by atoms with Crippen molar-refractivity contribution in [3.05, 3.63) is 113 Å². The van der Waals surface area contributed by atoms with Crippen LogP contribution in [-0.4, -0.2) is 37.9 Å². The molecule has 1 saturated heterocycles. The van der Waals surface area contributed by atoms with Crippen LogP contribution in [0.15, 0.2) is 91.3 Å². The van der Waals surface area contributed by atoms with Crippen LogP contribution in [0.2, 0.25) is 5.02 Å². The number of phenolic OH excluding ortho intramolecular Hbond substituents is 1. The van der Waals surface area contributed by atoms with Gasteiger partial charge in [-0.2, -0.15) is 0 Å². The van der Waals surface area contributed by atoms with Crippen LogP contribution >= 0.6 is 23.4 Å². The van der Waals surface area contributed by atoms with Crippen LogP contribution in [0.4, 0.5) is 5.69 Å². The van der Waals surface area contributed by atoms with Crippen molar-refractivity contribution in [3.63, 3.8) is 0 Å². The van der Waals surface area contributed by atoms with Crippen molar-refractivity contribution in [2.75, 3.05) is 10.7 Å². The Morgan fingerprint density at radius 2 is 1.69 bits per heavy atom. The minimum absolute atomic E-state index is 0.0357. The Balaban J connectivity index is 1.37. The number of β-lactam (4-membered cyclic amide) rings is 1. The highest BCUT2D eigenvalue weighted by Crippen LogP contribution is 2.46. The van der Waals surface area contributed by atoms with E-state index in [0.29, 0.717) is 22.8 Å². The summed E-state index contributed by atoms with van der Waals surface area (Å²) in [6.07, 6.45) is 2.97. The Kier molecular flexibility index (Phi) is 8.02. The normalized spacial score (nSPS) is 17.5. The zero-order valence-corrected chi connectivity index (χ0v) is 22.8. The molecule has 4 aromatic rings. The van der Waals surface area contributed by atoms with Gasteiger partial charge < -0.3 is 15.1 Å². The molecule has 1 aliphatic rings. The van der Waals surface area contributed by atoms with Gasteiger partial charge in [0.1, 0.15) is 11.0 Å². The number of aliphatic hydroxyl groups is 1. The molecule has 0 bridgehead atoms. The van der Waals surface area contributed by atoms with E-state index in [-0.39, 0.29) is 23.5 Å². The van der Waals surface area contributed by atoms with Gasteiger partial charge in [0.25, 0.3) is 0 Å². The number of hydrogen-bond donors (Lipinski definition) is 2. The zero-order valence-electron chi connectivity index (χ0n) is 21.2. The van der Waals surface area contributed by atoms with Gasteiger partial charge in [-0.15, -0.1) is 11.8 Å². The summed E-state index contributed by atoms with van der Waals surface area (Å²) in [5, 5.41) is 20.7. The van der Waals surface area contributed by atoms with E-state index in [0.717, 1.165) is 27.9 Å². The molecule has 0 saturated carbocycles. The van der Waals surface area contributed by atoms with Crippen LogP contribution in [-0.2, 0) is 4.79 Å². The van der Waals surface area contributed by atoms with Crippen LogP contribution in [0.3, 0.4) is 0 Å². The number of ketones is 1. The summed E-state index contributed by atoms with van der Waals surface area (Å²) < 4.78 is 0. The third-order valence-corrected chi connectivity index (χ3v) is 8.41. The van der Waals surface area contributed by atoms with E-state index < -0.39 is 11.4 Å². The lowest BCUT2D eigenvalue weighted by molar-refractivity contribution is -0.123. The van der Waals surface area contributed by atoms with Crippen LogP contribution in [0.5, 0.6) is 5.75 Å². The van der Waals surface area contributed by atoms with Crippen molar-refractivity contribution >= 4 is 40.7 Å². The number of aromatic nitrogens is 1. The van der Waals surface area contributed by atoms with Gasteiger partial charge in [0.15, 0.2) is 5.78 Å². The Morgan fingerprint density at radius 3 is 2.36 bits per heavy atom. The number of aromatic hydroxyl groups is 1. The lowest BCUT2D eigenvalue weighted by Crippen LogP contribution is -2.57. The van der Waals surface area contributed by atoms with Crippen molar-refractivity contribution in [3.8, 4) is 16.9 Å². The van der Waals surface area contributed by atoms with Gasteiger partial charge in [0.05, 0.1) is 12.1 Å². The first-order valence-electron chi connectivity index (χ1n) is 12.6. The van der Waals surface area contributed by atoms with Crippen LogP contribution in [0.25, 0.3) is 11.1 Å². The number of halogens is 1. The van der Waals surface area contributed by atoms with Gasteiger partial charge in [0, 0.05) is 46.4 Å². The monoisotopic (exact) mass is 558 g/mol. The number of pyridine rings is 1. The number of carbonyl (C=O) groups excluding carboxylic acids is 2. The maximum Gasteiger partial charge on any atom is 0.243 e. The van der Waals surface area contributed by atoms with Gasteiger partial charge in [-0.05, 0) is 59.2 Å². The largest absolute Gasteiger partial charge is 0.508 e. The fourth-order valence-corrected chi connectivity index (χ4v) is 6.08. The first kappa shape index (κ1) is 26.9. The fourth-order valence-electron chi connectivity index (χ4n) is 4.65. The molecule has 39 heavy (non-hydrogen) atoms. The summed E-state index contributed by atoms with van der Waals surface area (Å²) in [6, 6.07) is 23.1. The van der Waals surface area contributed by atoms with E-state index in [1.54, 1.807) is 53.7 Å². The van der Waals surface area contributed by atoms with Crippen LogP contribution in [0, 0.1) is 0 Å². The highest BCUT2D eigenvalue weighted by Gasteiger charge is 2.49. The summed E-state index contributed by atoms with van der Waals surface area (Å²) in [6.45, 7) is 1.82. The number of amides is 1. The van der Waals surface area contributed by atoms with Crippen LogP contribution < -0.4 is 4.90 Å². The van der Waals surface area contributed by atoms with Crippen molar-refractivity contribution in [1.82, 2.24) is 4.98 Å². The number of anilines is 1. The SMILES string of the molecule is CCC(=O)c1cncc(-c2ccc(N3C(=O)[C@H](SC[C@H](O)c4ccc(Cl)cc4)[C@H]3c3ccc(O)cc3)cc2)c1. The van der Waals surface area contributed by atoms with Crippen molar-refractivity contribution in [1.29, 1.82) is 0 Å². The summed E-state index contributed by atoms with van der Waals surface area (Å²) in [5.74, 6) is 0.485. The molecular formula is C31H27ClN2O4S. The number of Topliss-reactive ketones (excluding diaryl/α,β-unsaturated/α-hetero) is 1. The molecular weight excluding hydrogens is 532 g/mol. The topological polar surface area (TPSA) is 90.7 Å². The van der Waals surface area contributed by atoms with E-state index in [4.69, 9.17) is 11.6 Å². The number of phenols is 1. The second-order valence-electron chi connectivity index (χ2n) is 9.35. The molecule has 2 N–H and O–H groups in total. The molecule has 1 aliphatic heterocycles. The second-order valence-corrected chi connectivity index (χ2v) is 11.0. The molecule has 198 valence electrons. The van der Waals surface area contributed by atoms with E-state index in [1.807, 2.05) is 49.4 Å². The molecule has 0 unspecified atom stereocenters. The number of carbonyl (C=O) groups is 2. The lowest BCUT2D eigenvalue weighted by Gasteiger charge is -2.47. The molecule has 8 heteroatoms. The summed E-state index contributed by atoms with van der Waals surface area (Å²) >= 11 is 7.38. The summed E-state index contributed by atoms with van der Waals surface area (Å²) in [7, 11) is 0. The Hall–Kier alpha value is -3.65. The zero-order chi connectivity index (χ0) is 27.5. The van der Waals surface area contributed by atoms with E-state index in [1.165, 1.54) is 11.8 Å². The average Bonchev–Trinajstić information content (AvgIpc) is 2.96. The molecule has 3 atom stereocenters. The maximum atomic E-state index is 13.4. The number of nitrogens with zero attached hydrogens (tertiary/aromatic N) is 2. The molecule has 1 amide bonds. The molecule has 6 nitrogen and oxygen atoms in total. The number of benzene rings is 3. The van der Waals surface area contributed by atoms with E-state index >= 15 is 0 Å². The quantitative estimate of drug-likeness (QED) is 0.177. The molecule has 0 radical (unpaired) electrons. The minimum atomic E-state index is -0.738. The molecule has 5 rings (SSSR count). The van der Waals surface area contributed by atoms with Crippen LogP contribution in [0.1, 0.15) is 47.0 Å². The molecule has 1 fully saturated rings. The number of hydrogen-bond acceptors (Lipinski definition) is 6. The molecule has 0 spiro atoms. The van der Waals surface area contributed by atoms with Gasteiger partial charge in [-0.25, -0.2) is 0 Å². The molecule has 2 heterocycles. The van der Waals surface area contributed by atoms with Gasteiger partial charge in [-0.3, -0.25) is 14.6 Å². The predicted molar refractivity (Wildman–Crippen MR) is 155 cm³/mol. The standard InChI is InChI=1S/C31H27ClN2O4S/c1-2-27(36)23-15-22(16-33-17-23)19-5-11-25(12-6-19)34-29(21-7-13-26(35)14-8-21)30(31(34)38)39-18-28(37)20-3-9-24(32)10-4-20/h3-17,28-30,35,37H,2,18H2,1H3/t28-,29+,30+/m0/s1. The van der Waals surface area contributed by atoms with Gasteiger partial charge in [-0.1, -0.05) is 54.9 Å². The fraction of sp³-hybridized carbons (Fsp3) is 0.194. The number of thioether (sulfide) groups is 1. The maximum absolute atomic E-state index is 13.4. The first-order chi connectivity index (χ1) is 18.9. The predicted octanol–water partition coefficient (Wildman–Crippen LogP) is 6.62. The lowest BCUT2D eigenvalue weighted by atomic mass is 9.92. The smallest absolute Gasteiger partial charge is 0.243 e. The Labute approximate surface area is 236 Å². The summed E-state index contributed by atoms with van der Waals surface area (Å²) in [4.78, 5) is 31.5. The number of aliphatic hydroxyl groups excluding tert-OH is 1. The minimum Gasteiger partial charge on any atom is -0.508 e. The van der Waals surface area contributed by atoms with Gasteiger partial charge >= 0.3 is 0 Å². The third kappa shape index (κ3) is 5.71. The van der Waals surface area contributed by atoms with Crippen molar-refractivity contribution < 1.29 is 19.8 Å². The van der Waals surface area contributed by atoms with Crippen molar-refractivity contribution in [2.45, 2.75) is 30.7 Å². The highest BCUT2D eigenvalue weighted by molar-refractivity contribution is 8.00. The van der Waals surface area contributed by atoms with E-state index in [2.05, 4.69) is 4.98 Å². The van der Waals surface area contributed by atoms with Crippen molar-refractivity contribution in [2.24, 2.45) is 0 Å². The Bertz CT molecular complexity index is 1480. The molecule has 3 aromatic carbocycles. The second kappa shape index (κ2) is 11.6. The number of rotatable bonds is 9. The molecule has 0 aliphatic carbocycles. The highest BCUT2D eigenvalue weighted by atomic mass is 35.5. The third-order valence-electron chi connectivity index (χ3n) is 6.83. The van der Waals surface area contributed by atoms with Gasteiger partial charge in [0.2, 0.25) is 5.91 Å². The molecule has 1 aromatic heterocycles. The Morgan fingerprint density at radius 1 is 1.00 bits per heavy atom. The van der Waals surface area contributed by atoms with E-state index in [9.17, 15) is 19.8 Å².